The van der Waals surface area contributed by atoms with E-state index in [2.05, 4.69) is 40.7 Å². The highest BCUT2D eigenvalue weighted by molar-refractivity contribution is 7.89. The van der Waals surface area contributed by atoms with Crippen LogP contribution in [0.4, 0.5) is 0 Å². The number of carbonyl (C=O) groups excluding carboxylic acids is 1. The lowest BCUT2D eigenvalue weighted by Gasteiger charge is -2.32. The molecular weight excluding hydrogens is 424 g/mol. The van der Waals surface area contributed by atoms with Crippen LogP contribution in [0.15, 0.2) is 53.6 Å². The molecule has 1 saturated heterocycles. The van der Waals surface area contributed by atoms with Crippen molar-refractivity contribution in [1.82, 2.24) is 19.9 Å². The van der Waals surface area contributed by atoms with E-state index in [4.69, 9.17) is 0 Å². The first-order valence-corrected chi connectivity index (χ1v) is 12.6. The van der Waals surface area contributed by atoms with Crippen molar-refractivity contribution < 1.29 is 13.2 Å². The molecular formula is C24H34N4O3S. The van der Waals surface area contributed by atoms with Gasteiger partial charge in [0.25, 0.3) is 0 Å². The van der Waals surface area contributed by atoms with E-state index in [0.29, 0.717) is 0 Å². The molecule has 2 aromatic rings. The Labute approximate surface area is 191 Å². The number of rotatable bonds is 8. The Bertz CT molecular complexity index is 978. The number of amides is 1. The predicted molar refractivity (Wildman–Crippen MR) is 126 cm³/mol. The van der Waals surface area contributed by atoms with Crippen molar-refractivity contribution in [2.24, 2.45) is 0 Å². The Hall–Kier alpha value is -2.29. The second-order valence-electron chi connectivity index (χ2n) is 9.36. The van der Waals surface area contributed by atoms with Crippen molar-refractivity contribution in [1.29, 1.82) is 0 Å². The van der Waals surface area contributed by atoms with Gasteiger partial charge in [0, 0.05) is 44.8 Å². The van der Waals surface area contributed by atoms with Crippen LogP contribution in [0, 0.1) is 0 Å². The van der Waals surface area contributed by atoms with Gasteiger partial charge in [0.2, 0.25) is 15.9 Å². The number of likely N-dealkylation sites (tertiary alicyclic amines) is 1. The number of pyridine rings is 1. The summed E-state index contributed by atoms with van der Waals surface area (Å²) in [5.41, 5.74) is 2.08. The first kappa shape index (κ1) is 24.4. The summed E-state index contributed by atoms with van der Waals surface area (Å²) in [6.45, 7) is 8.94. The molecule has 174 valence electrons. The zero-order valence-electron chi connectivity index (χ0n) is 19.2. The maximum absolute atomic E-state index is 12.5. The maximum atomic E-state index is 12.5. The SMILES string of the molecule is CC(C)(C)c1ccc(S(=O)(=O)NCCC(=O)NC2CCN(Cc3ccccn3)CC2)cc1. The zero-order chi connectivity index (χ0) is 23.2. The van der Waals surface area contributed by atoms with Crippen molar-refractivity contribution in [2.75, 3.05) is 19.6 Å². The van der Waals surface area contributed by atoms with E-state index in [1.807, 2.05) is 30.3 Å². The van der Waals surface area contributed by atoms with Crippen molar-refractivity contribution in [3.8, 4) is 0 Å². The summed E-state index contributed by atoms with van der Waals surface area (Å²) in [6.07, 6.45) is 3.68. The molecule has 32 heavy (non-hydrogen) atoms. The summed E-state index contributed by atoms with van der Waals surface area (Å²) in [6, 6.07) is 12.9. The molecule has 3 rings (SSSR count). The number of nitrogens with one attached hydrogen (secondary N) is 2. The van der Waals surface area contributed by atoms with Gasteiger partial charge in [0.1, 0.15) is 0 Å². The molecule has 8 heteroatoms. The Morgan fingerprint density at radius 3 is 2.38 bits per heavy atom. The lowest BCUT2D eigenvalue weighted by molar-refractivity contribution is -0.121. The predicted octanol–water partition coefficient (Wildman–Crippen LogP) is 2.83. The molecule has 1 amide bonds. The minimum absolute atomic E-state index is 0.0393. The summed E-state index contributed by atoms with van der Waals surface area (Å²) >= 11 is 0. The quantitative estimate of drug-likeness (QED) is 0.635. The van der Waals surface area contributed by atoms with Crippen LogP contribution in [0.2, 0.25) is 0 Å². The first-order valence-electron chi connectivity index (χ1n) is 11.2. The molecule has 1 fully saturated rings. The summed E-state index contributed by atoms with van der Waals surface area (Å²) < 4.78 is 27.5. The molecule has 2 heterocycles. The minimum Gasteiger partial charge on any atom is -0.353 e. The number of carbonyl (C=O) groups is 1. The molecule has 0 aliphatic carbocycles. The van der Waals surface area contributed by atoms with Crippen LogP contribution < -0.4 is 10.0 Å². The molecule has 1 aromatic heterocycles. The number of benzene rings is 1. The number of nitrogens with zero attached hydrogens (tertiary/aromatic N) is 2. The monoisotopic (exact) mass is 458 g/mol. The molecule has 0 saturated carbocycles. The maximum Gasteiger partial charge on any atom is 0.240 e. The number of piperidine rings is 1. The molecule has 1 aromatic carbocycles. The molecule has 2 N–H and O–H groups in total. The van der Waals surface area contributed by atoms with Crippen LogP contribution in [0.3, 0.4) is 0 Å². The van der Waals surface area contributed by atoms with E-state index in [1.165, 1.54) is 0 Å². The summed E-state index contributed by atoms with van der Waals surface area (Å²) in [7, 11) is -3.63. The molecule has 7 nitrogen and oxygen atoms in total. The van der Waals surface area contributed by atoms with Crippen molar-refractivity contribution >= 4 is 15.9 Å². The van der Waals surface area contributed by atoms with Crippen LogP contribution in [0.5, 0.6) is 0 Å². The van der Waals surface area contributed by atoms with Gasteiger partial charge in [-0.25, -0.2) is 13.1 Å². The van der Waals surface area contributed by atoms with E-state index in [1.54, 1.807) is 18.3 Å². The number of hydrogen-bond acceptors (Lipinski definition) is 5. The van der Waals surface area contributed by atoms with Crippen LogP contribution in [-0.4, -0.2) is 49.9 Å². The van der Waals surface area contributed by atoms with E-state index >= 15 is 0 Å². The highest BCUT2D eigenvalue weighted by Crippen LogP contribution is 2.23. The van der Waals surface area contributed by atoms with Gasteiger partial charge in [-0.15, -0.1) is 0 Å². The fourth-order valence-corrected chi connectivity index (χ4v) is 4.80. The van der Waals surface area contributed by atoms with Crippen molar-refractivity contribution in [3.63, 3.8) is 0 Å². The third-order valence-electron chi connectivity index (χ3n) is 5.74. The van der Waals surface area contributed by atoms with Gasteiger partial charge in [0.05, 0.1) is 10.6 Å². The van der Waals surface area contributed by atoms with Gasteiger partial charge in [0.15, 0.2) is 0 Å². The smallest absolute Gasteiger partial charge is 0.240 e. The normalized spacial score (nSPS) is 16.1. The van der Waals surface area contributed by atoms with Crippen LogP contribution >= 0.6 is 0 Å². The Morgan fingerprint density at radius 2 is 1.78 bits per heavy atom. The van der Waals surface area contributed by atoms with Crippen LogP contribution in [-0.2, 0) is 26.8 Å². The zero-order valence-corrected chi connectivity index (χ0v) is 20.0. The second kappa shape index (κ2) is 10.6. The van der Waals surface area contributed by atoms with Crippen molar-refractivity contribution in [3.05, 3.63) is 59.9 Å². The van der Waals surface area contributed by atoms with Crippen LogP contribution in [0.1, 0.15) is 51.3 Å². The second-order valence-corrected chi connectivity index (χ2v) is 11.1. The Morgan fingerprint density at radius 1 is 1.09 bits per heavy atom. The van der Waals surface area contributed by atoms with Gasteiger partial charge in [-0.05, 0) is 48.1 Å². The largest absolute Gasteiger partial charge is 0.353 e. The molecule has 0 unspecified atom stereocenters. The molecule has 0 spiro atoms. The molecule has 1 aliphatic heterocycles. The third-order valence-corrected chi connectivity index (χ3v) is 7.22. The van der Waals surface area contributed by atoms with Crippen molar-refractivity contribution in [2.45, 2.75) is 62.9 Å². The van der Waals surface area contributed by atoms with E-state index in [9.17, 15) is 13.2 Å². The molecule has 1 aliphatic rings. The average Bonchev–Trinajstić information content (AvgIpc) is 2.75. The first-order chi connectivity index (χ1) is 15.1. The highest BCUT2D eigenvalue weighted by atomic mass is 32.2. The van der Waals surface area contributed by atoms with Crippen LogP contribution in [0.25, 0.3) is 0 Å². The van der Waals surface area contributed by atoms with E-state index < -0.39 is 10.0 Å². The van der Waals surface area contributed by atoms with Gasteiger partial charge in [-0.2, -0.15) is 0 Å². The Kier molecular flexibility index (Phi) is 8.03. The van der Waals surface area contributed by atoms with Gasteiger partial charge in [-0.1, -0.05) is 39.0 Å². The number of aromatic nitrogens is 1. The van der Waals surface area contributed by atoms with Gasteiger partial charge >= 0.3 is 0 Å². The fourth-order valence-electron chi connectivity index (χ4n) is 3.77. The summed E-state index contributed by atoms with van der Waals surface area (Å²) in [4.78, 5) is 19.2. The summed E-state index contributed by atoms with van der Waals surface area (Å²) in [5.74, 6) is -0.126. The third kappa shape index (κ3) is 7.12. The molecule has 0 atom stereocenters. The van der Waals surface area contributed by atoms with E-state index in [-0.39, 0.29) is 35.2 Å². The Balaban J connectivity index is 1.38. The van der Waals surface area contributed by atoms with Gasteiger partial charge in [-0.3, -0.25) is 14.7 Å². The standard InChI is InChI=1S/C24H34N4O3S/c1-24(2,3)19-7-9-22(10-8-19)32(30,31)26-15-11-23(29)27-20-12-16-28(17-13-20)18-21-6-4-5-14-25-21/h4-10,14,20,26H,11-13,15-18H2,1-3H3,(H,27,29). The van der Waals surface area contributed by atoms with Gasteiger partial charge < -0.3 is 5.32 Å². The lowest BCUT2D eigenvalue weighted by atomic mass is 9.87. The van der Waals surface area contributed by atoms with E-state index in [0.717, 1.165) is 43.7 Å². The minimum atomic E-state index is -3.63. The fraction of sp³-hybridized carbons (Fsp3) is 0.500. The number of sulfonamides is 1. The highest BCUT2D eigenvalue weighted by Gasteiger charge is 2.22. The molecule has 0 bridgehead atoms. The summed E-state index contributed by atoms with van der Waals surface area (Å²) in [5, 5.41) is 3.04. The topological polar surface area (TPSA) is 91.4 Å². The number of hydrogen-bond donors (Lipinski definition) is 2. The molecule has 0 radical (unpaired) electrons. The lowest BCUT2D eigenvalue weighted by Crippen LogP contribution is -2.45. The average molecular weight is 459 g/mol.